The van der Waals surface area contributed by atoms with Crippen LogP contribution in [0.3, 0.4) is 0 Å². The van der Waals surface area contributed by atoms with Gasteiger partial charge in [0.2, 0.25) is 0 Å². The van der Waals surface area contributed by atoms with Crippen molar-refractivity contribution in [2.24, 2.45) is 52.3 Å². The minimum absolute atomic E-state index is 0.0565. The number of esters is 1. The standard InChI is InChI=1S/C43H74O2/c1-8-10-11-12-13-14-15-16-17-18-19-20-41(44)45-36-27-29-42(6)35(31-36)23-24-37-39-26-25-38(43(39,7)30-28-40(37)42)33(5)21-22-34(9-2)32(3)4/h21-23,32-34,36-40H,8-20,24-31H2,1-7H3/b22-21+. The van der Waals surface area contributed by atoms with Gasteiger partial charge in [-0.2, -0.15) is 0 Å². The Morgan fingerprint density at radius 2 is 1.51 bits per heavy atom. The number of ether oxygens (including phenoxy) is 1. The van der Waals surface area contributed by atoms with Gasteiger partial charge >= 0.3 is 5.97 Å². The van der Waals surface area contributed by atoms with Crippen LogP contribution in [0, 0.1) is 52.3 Å². The quantitative estimate of drug-likeness (QED) is 0.0863. The topological polar surface area (TPSA) is 26.3 Å². The van der Waals surface area contributed by atoms with Gasteiger partial charge < -0.3 is 4.74 Å². The molecule has 0 radical (unpaired) electrons. The summed E-state index contributed by atoms with van der Waals surface area (Å²) >= 11 is 0. The molecule has 3 saturated carbocycles. The molecule has 9 atom stereocenters. The molecule has 0 saturated heterocycles. The molecule has 0 spiro atoms. The predicted molar refractivity (Wildman–Crippen MR) is 193 cm³/mol. The van der Waals surface area contributed by atoms with Crippen molar-refractivity contribution in [1.82, 2.24) is 0 Å². The second-order valence-corrected chi connectivity index (χ2v) is 17.2. The van der Waals surface area contributed by atoms with Crippen LogP contribution in [0.2, 0.25) is 0 Å². The maximum absolute atomic E-state index is 12.8. The summed E-state index contributed by atoms with van der Waals surface area (Å²) in [4.78, 5) is 12.8. The Labute approximate surface area is 280 Å². The molecule has 4 aliphatic carbocycles. The Morgan fingerprint density at radius 1 is 0.844 bits per heavy atom. The Bertz CT molecular complexity index is 961. The predicted octanol–water partition coefficient (Wildman–Crippen LogP) is 13.1. The fourth-order valence-electron chi connectivity index (χ4n) is 11.1. The summed E-state index contributed by atoms with van der Waals surface area (Å²) in [7, 11) is 0. The van der Waals surface area contributed by atoms with Gasteiger partial charge in [0.05, 0.1) is 0 Å². The van der Waals surface area contributed by atoms with E-state index >= 15 is 0 Å². The molecule has 45 heavy (non-hydrogen) atoms. The molecule has 0 N–H and O–H groups in total. The number of carbonyl (C=O) groups is 1. The smallest absolute Gasteiger partial charge is 0.306 e. The zero-order valence-electron chi connectivity index (χ0n) is 31.0. The molecule has 0 aromatic rings. The summed E-state index contributed by atoms with van der Waals surface area (Å²) in [5.74, 6) is 5.56. The van der Waals surface area contributed by atoms with E-state index in [0.717, 1.165) is 48.9 Å². The summed E-state index contributed by atoms with van der Waals surface area (Å²) in [5, 5.41) is 0. The second-order valence-electron chi connectivity index (χ2n) is 17.2. The van der Waals surface area contributed by atoms with E-state index in [4.69, 9.17) is 4.74 Å². The number of hydrogen-bond acceptors (Lipinski definition) is 2. The van der Waals surface area contributed by atoms with Crippen LogP contribution in [0.4, 0.5) is 0 Å². The Morgan fingerprint density at radius 3 is 2.16 bits per heavy atom. The van der Waals surface area contributed by atoms with E-state index in [1.54, 1.807) is 5.57 Å². The van der Waals surface area contributed by atoms with Gasteiger partial charge in [0.15, 0.2) is 0 Å². The van der Waals surface area contributed by atoms with Gasteiger partial charge in [-0.15, -0.1) is 0 Å². The minimum Gasteiger partial charge on any atom is -0.462 e. The summed E-state index contributed by atoms with van der Waals surface area (Å²) in [6.07, 6.45) is 34.4. The average Bonchev–Trinajstić information content (AvgIpc) is 3.37. The number of fused-ring (bicyclic) bond motifs is 5. The lowest BCUT2D eigenvalue weighted by molar-refractivity contribution is -0.151. The Hall–Kier alpha value is -1.05. The van der Waals surface area contributed by atoms with Crippen molar-refractivity contribution in [3.8, 4) is 0 Å². The van der Waals surface area contributed by atoms with Crippen LogP contribution in [0.25, 0.3) is 0 Å². The molecule has 0 aliphatic heterocycles. The fourth-order valence-corrected chi connectivity index (χ4v) is 11.1. The van der Waals surface area contributed by atoms with Gasteiger partial charge in [-0.3, -0.25) is 4.79 Å². The van der Waals surface area contributed by atoms with Crippen molar-refractivity contribution in [2.75, 3.05) is 0 Å². The molecule has 0 aromatic heterocycles. The molecule has 9 unspecified atom stereocenters. The number of allylic oxidation sites excluding steroid dienone is 3. The summed E-state index contributed by atoms with van der Waals surface area (Å²) in [6, 6.07) is 0. The maximum Gasteiger partial charge on any atom is 0.306 e. The normalized spacial score (nSPS) is 34.2. The number of hydrogen-bond donors (Lipinski definition) is 0. The minimum atomic E-state index is 0.0565. The summed E-state index contributed by atoms with van der Waals surface area (Å²) in [5.41, 5.74) is 2.45. The molecule has 0 aromatic carbocycles. The highest BCUT2D eigenvalue weighted by atomic mass is 16.5. The molecule has 2 nitrogen and oxygen atoms in total. The van der Waals surface area contributed by atoms with Gasteiger partial charge in [0, 0.05) is 12.8 Å². The fraction of sp³-hybridized carbons (Fsp3) is 0.884. The molecule has 0 amide bonds. The van der Waals surface area contributed by atoms with Crippen LogP contribution in [0.1, 0.15) is 183 Å². The summed E-state index contributed by atoms with van der Waals surface area (Å²) < 4.78 is 6.12. The molecule has 0 heterocycles. The van der Waals surface area contributed by atoms with E-state index < -0.39 is 0 Å². The third kappa shape index (κ3) is 9.10. The maximum atomic E-state index is 12.8. The molecule has 4 aliphatic rings. The second kappa shape index (κ2) is 17.4. The molecule has 258 valence electrons. The van der Waals surface area contributed by atoms with Crippen molar-refractivity contribution < 1.29 is 9.53 Å². The lowest BCUT2D eigenvalue weighted by atomic mass is 9.47. The van der Waals surface area contributed by atoms with Crippen LogP contribution in [0.5, 0.6) is 0 Å². The Kier molecular flexibility index (Phi) is 14.2. The summed E-state index contributed by atoms with van der Waals surface area (Å²) in [6.45, 7) is 17.2. The third-order valence-electron chi connectivity index (χ3n) is 14.0. The van der Waals surface area contributed by atoms with Crippen LogP contribution in [-0.2, 0) is 9.53 Å². The zero-order chi connectivity index (χ0) is 32.5. The van der Waals surface area contributed by atoms with Crippen molar-refractivity contribution in [2.45, 2.75) is 189 Å². The highest BCUT2D eigenvalue weighted by Crippen LogP contribution is 2.67. The number of rotatable bonds is 18. The van der Waals surface area contributed by atoms with Crippen molar-refractivity contribution in [1.29, 1.82) is 0 Å². The van der Waals surface area contributed by atoms with E-state index in [9.17, 15) is 4.79 Å². The van der Waals surface area contributed by atoms with Crippen molar-refractivity contribution in [3.05, 3.63) is 23.8 Å². The molecule has 0 bridgehead atoms. The third-order valence-corrected chi connectivity index (χ3v) is 14.0. The van der Waals surface area contributed by atoms with E-state index in [-0.39, 0.29) is 12.1 Å². The zero-order valence-corrected chi connectivity index (χ0v) is 31.0. The first-order valence-electron chi connectivity index (χ1n) is 20.2. The SMILES string of the molecule is CCCCCCCCCCCCCC(=O)OC1CCC2(C)C(=CCC3C2CCC2(C)C(C(C)/C=C/C(CC)C(C)C)CCC32)C1. The van der Waals surface area contributed by atoms with E-state index in [2.05, 4.69) is 66.7 Å². The molecule has 2 heteroatoms. The van der Waals surface area contributed by atoms with Gasteiger partial charge in [-0.25, -0.2) is 0 Å². The average molecular weight is 623 g/mol. The van der Waals surface area contributed by atoms with Gasteiger partial charge in [-0.05, 0) is 110 Å². The molecule has 4 rings (SSSR count). The Balaban J connectivity index is 1.22. The lowest BCUT2D eigenvalue weighted by Gasteiger charge is -2.58. The van der Waals surface area contributed by atoms with Crippen LogP contribution in [0.15, 0.2) is 23.8 Å². The molecule has 3 fully saturated rings. The monoisotopic (exact) mass is 623 g/mol. The van der Waals surface area contributed by atoms with Crippen LogP contribution >= 0.6 is 0 Å². The van der Waals surface area contributed by atoms with Crippen molar-refractivity contribution >= 4 is 5.97 Å². The molecular formula is C43H74O2. The highest BCUT2D eigenvalue weighted by Gasteiger charge is 2.59. The largest absolute Gasteiger partial charge is 0.462 e. The van der Waals surface area contributed by atoms with Crippen LogP contribution < -0.4 is 0 Å². The first-order valence-corrected chi connectivity index (χ1v) is 20.2. The van der Waals surface area contributed by atoms with E-state index in [0.29, 0.717) is 29.1 Å². The number of unbranched alkanes of at least 4 members (excludes halogenated alkanes) is 10. The van der Waals surface area contributed by atoms with E-state index in [1.165, 1.54) is 109 Å². The first kappa shape index (κ1) is 36.8. The van der Waals surface area contributed by atoms with Crippen molar-refractivity contribution in [3.63, 3.8) is 0 Å². The lowest BCUT2D eigenvalue weighted by Crippen LogP contribution is -2.51. The first-order chi connectivity index (χ1) is 21.6. The number of carbonyl (C=O) groups excluding carboxylic acids is 1. The molecular weight excluding hydrogens is 548 g/mol. The highest BCUT2D eigenvalue weighted by molar-refractivity contribution is 5.69. The van der Waals surface area contributed by atoms with Gasteiger partial charge in [0.25, 0.3) is 0 Å². The van der Waals surface area contributed by atoms with Gasteiger partial charge in [0.1, 0.15) is 6.10 Å². The van der Waals surface area contributed by atoms with Gasteiger partial charge in [-0.1, -0.05) is 136 Å². The van der Waals surface area contributed by atoms with Crippen LogP contribution in [-0.4, -0.2) is 12.1 Å². The van der Waals surface area contributed by atoms with E-state index in [1.807, 2.05) is 0 Å².